The van der Waals surface area contributed by atoms with Crippen LogP contribution in [0.4, 0.5) is 0 Å². The summed E-state index contributed by atoms with van der Waals surface area (Å²) in [5.41, 5.74) is 2.27. The Morgan fingerprint density at radius 1 is 1.24 bits per heavy atom. The number of ether oxygens (including phenoxy) is 2. The molecule has 0 aliphatic carbocycles. The normalized spacial score (nSPS) is 18.1. The van der Waals surface area contributed by atoms with Gasteiger partial charge < -0.3 is 14.8 Å². The van der Waals surface area contributed by atoms with E-state index in [1.807, 2.05) is 12.1 Å². The molecule has 0 unspecified atom stereocenters. The van der Waals surface area contributed by atoms with Crippen LogP contribution in [0.15, 0.2) is 18.2 Å². The molecule has 114 valence electrons. The zero-order chi connectivity index (χ0) is 14.5. The molecule has 2 aliphatic heterocycles. The average molecular weight is 290 g/mol. The van der Waals surface area contributed by atoms with Gasteiger partial charge in [0.25, 0.3) is 0 Å². The summed E-state index contributed by atoms with van der Waals surface area (Å²) < 4.78 is 10.8. The van der Waals surface area contributed by atoms with E-state index in [0.717, 1.165) is 57.2 Å². The first-order chi connectivity index (χ1) is 10.3. The van der Waals surface area contributed by atoms with Crippen molar-refractivity contribution in [1.82, 2.24) is 10.2 Å². The van der Waals surface area contributed by atoms with Crippen molar-refractivity contribution < 1.29 is 14.3 Å². The van der Waals surface area contributed by atoms with Gasteiger partial charge in [0.15, 0.2) is 0 Å². The topological polar surface area (TPSA) is 50.8 Å². The van der Waals surface area contributed by atoms with Crippen LogP contribution in [0.2, 0.25) is 0 Å². The highest BCUT2D eigenvalue weighted by Crippen LogP contribution is 2.25. The SMILES string of the molecule is O=C(Cc1ccc2c(c1)CCO2)NCCN1CCOCC1. The summed E-state index contributed by atoms with van der Waals surface area (Å²) in [7, 11) is 0. The van der Waals surface area contributed by atoms with Gasteiger partial charge in [0.2, 0.25) is 5.91 Å². The Bertz CT molecular complexity index is 498. The predicted octanol–water partition coefficient (Wildman–Crippen LogP) is 0.612. The molecule has 1 fully saturated rings. The maximum atomic E-state index is 12.0. The summed E-state index contributed by atoms with van der Waals surface area (Å²) in [4.78, 5) is 14.3. The molecule has 0 radical (unpaired) electrons. The fourth-order valence-corrected chi connectivity index (χ4v) is 2.78. The lowest BCUT2D eigenvalue weighted by atomic mass is 10.1. The van der Waals surface area contributed by atoms with Crippen LogP contribution in [0.3, 0.4) is 0 Å². The second kappa shape index (κ2) is 6.91. The van der Waals surface area contributed by atoms with E-state index in [2.05, 4.69) is 16.3 Å². The van der Waals surface area contributed by atoms with E-state index >= 15 is 0 Å². The van der Waals surface area contributed by atoms with Crippen molar-refractivity contribution >= 4 is 5.91 Å². The lowest BCUT2D eigenvalue weighted by Gasteiger charge is -2.26. The van der Waals surface area contributed by atoms with Crippen molar-refractivity contribution in [2.24, 2.45) is 0 Å². The zero-order valence-corrected chi connectivity index (χ0v) is 12.3. The second-order valence-corrected chi connectivity index (χ2v) is 5.52. The van der Waals surface area contributed by atoms with Gasteiger partial charge in [-0.15, -0.1) is 0 Å². The van der Waals surface area contributed by atoms with Crippen molar-refractivity contribution in [3.63, 3.8) is 0 Å². The summed E-state index contributed by atoms with van der Waals surface area (Å²) in [6, 6.07) is 6.04. The third kappa shape index (κ3) is 3.95. The second-order valence-electron chi connectivity index (χ2n) is 5.52. The van der Waals surface area contributed by atoms with E-state index in [1.165, 1.54) is 5.56 Å². The first-order valence-corrected chi connectivity index (χ1v) is 7.63. The molecule has 21 heavy (non-hydrogen) atoms. The van der Waals surface area contributed by atoms with E-state index in [-0.39, 0.29) is 5.91 Å². The first kappa shape index (κ1) is 14.4. The van der Waals surface area contributed by atoms with E-state index in [0.29, 0.717) is 13.0 Å². The molecule has 5 heteroatoms. The highest BCUT2D eigenvalue weighted by molar-refractivity contribution is 5.78. The van der Waals surface area contributed by atoms with Gasteiger partial charge in [-0.2, -0.15) is 0 Å². The van der Waals surface area contributed by atoms with Crippen LogP contribution in [0.1, 0.15) is 11.1 Å². The third-order valence-electron chi connectivity index (χ3n) is 3.97. The fraction of sp³-hybridized carbons (Fsp3) is 0.562. The van der Waals surface area contributed by atoms with Crippen molar-refractivity contribution in [2.75, 3.05) is 46.0 Å². The summed E-state index contributed by atoms with van der Waals surface area (Å²) in [6.07, 6.45) is 1.39. The monoisotopic (exact) mass is 290 g/mol. The van der Waals surface area contributed by atoms with Gasteiger partial charge in [-0.05, 0) is 17.2 Å². The molecule has 2 heterocycles. The van der Waals surface area contributed by atoms with E-state index in [4.69, 9.17) is 9.47 Å². The fourth-order valence-electron chi connectivity index (χ4n) is 2.78. The Labute approximate surface area is 125 Å². The van der Waals surface area contributed by atoms with E-state index in [9.17, 15) is 4.79 Å². The third-order valence-corrected chi connectivity index (χ3v) is 3.97. The molecular formula is C16H22N2O3. The van der Waals surface area contributed by atoms with Crippen molar-refractivity contribution in [1.29, 1.82) is 0 Å². The Balaban J connectivity index is 1.41. The number of carbonyl (C=O) groups is 1. The van der Waals surface area contributed by atoms with E-state index < -0.39 is 0 Å². The van der Waals surface area contributed by atoms with Crippen LogP contribution < -0.4 is 10.1 Å². The molecule has 0 atom stereocenters. The molecule has 3 rings (SSSR count). The minimum Gasteiger partial charge on any atom is -0.493 e. The van der Waals surface area contributed by atoms with Gasteiger partial charge in [-0.1, -0.05) is 12.1 Å². The summed E-state index contributed by atoms with van der Waals surface area (Å²) in [5.74, 6) is 1.05. The minimum atomic E-state index is 0.0853. The molecular weight excluding hydrogens is 268 g/mol. The smallest absolute Gasteiger partial charge is 0.224 e. The molecule has 0 bridgehead atoms. The van der Waals surface area contributed by atoms with Crippen molar-refractivity contribution in [3.8, 4) is 5.75 Å². The van der Waals surface area contributed by atoms with Crippen LogP contribution in [0.5, 0.6) is 5.75 Å². The van der Waals surface area contributed by atoms with Crippen LogP contribution >= 0.6 is 0 Å². The maximum absolute atomic E-state index is 12.0. The quantitative estimate of drug-likeness (QED) is 0.863. The number of hydrogen-bond donors (Lipinski definition) is 1. The van der Waals surface area contributed by atoms with Gasteiger partial charge >= 0.3 is 0 Å². The zero-order valence-electron chi connectivity index (χ0n) is 12.3. The van der Waals surface area contributed by atoms with Gasteiger partial charge in [0.05, 0.1) is 26.2 Å². The molecule has 1 aromatic carbocycles. The predicted molar refractivity (Wildman–Crippen MR) is 79.6 cm³/mol. The number of nitrogens with one attached hydrogen (secondary N) is 1. The lowest BCUT2D eigenvalue weighted by Crippen LogP contribution is -2.41. The molecule has 5 nitrogen and oxygen atoms in total. The standard InChI is InChI=1S/C16H22N2O3/c19-16(17-4-5-18-6-9-20-10-7-18)12-13-1-2-15-14(11-13)3-8-21-15/h1-2,11H,3-10,12H2,(H,17,19). The van der Waals surface area contributed by atoms with Gasteiger partial charge in [-0.25, -0.2) is 0 Å². The average Bonchev–Trinajstić information content (AvgIpc) is 2.96. The molecule has 0 aromatic heterocycles. The Morgan fingerprint density at radius 2 is 2.10 bits per heavy atom. The number of amides is 1. The molecule has 0 saturated carbocycles. The van der Waals surface area contributed by atoms with Gasteiger partial charge in [-0.3, -0.25) is 9.69 Å². The van der Waals surface area contributed by atoms with Gasteiger partial charge in [0, 0.05) is 32.6 Å². The Morgan fingerprint density at radius 3 is 2.95 bits per heavy atom. The highest BCUT2D eigenvalue weighted by atomic mass is 16.5. The van der Waals surface area contributed by atoms with Gasteiger partial charge in [0.1, 0.15) is 5.75 Å². The molecule has 1 saturated heterocycles. The number of morpholine rings is 1. The number of hydrogen-bond acceptors (Lipinski definition) is 4. The number of rotatable bonds is 5. The largest absolute Gasteiger partial charge is 0.493 e. The van der Waals surface area contributed by atoms with Crippen molar-refractivity contribution in [2.45, 2.75) is 12.8 Å². The highest BCUT2D eigenvalue weighted by Gasteiger charge is 2.14. The molecule has 1 N–H and O–H groups in total. The lowest BCUT2D eigenvalue weighted by molar-refractivity contribution is -0.120. The Hall–Kier alpha value is -1.59. The summed E-state index contributed by atoms with van der Waals surface area (Å²) in [6.45, 7) is 5.86. The van der Waals surface area contributed by atoms with Crippen LogP contribution in [-0.4, -0.2) is 56.8 Å². The molecule has 1 amide bonds. The first-order valence-electron chi connectivity index (χ1n) is 7.63. The molecule has 2 aliphatic rings. The molecule has 1 aromatic rings. The number of benzene rings is 1. The maximum Gasteiger partial charge on any atom is 0.224 e. The van der Waals surface area contributed by atoms with E-state index in [1.54, 1.807) is 0 Å². The summed E-state index contributed by atoms with van der Waals surface area (Å²) in [5, 5.41) is 2.99. The Kier molecular flexibility index (Phi) is 4.72. The van der Waals surface area contributed by atoms with Crippen LogP contribution in [-0.2, 0) is 22.4 Å². The van der Waals surface area contributed by atoms with Crippen LogP contribution in [0.25, 0.3) is 0 Å². The van der Waals surface area contributed by atoms with Crippen molar-refractivity contribution in [3.05, 3.63) is 29.3 Å². The minimum absolute atomic E-state index is 0.0853. The summed E-state index contributed by atoms with van der Waals surface area (Å²) >= 11 is 0. The number of nitrogens with zero attached hydrogens (tertiary/aromatic N) is 1. The molecule has 0 spiro atoms. The number of fused-ring (bicyclic) bond motifs is 1. The van der Waals surface area contributed by atoms with Crippen LogP contribution in [0, 0.1) is 0 Å². The number of carbonyl (C=O) groups excluding carboxylic acids is 1.